The summed E-state index contributed by atoms with van der Waals surface area (Å²) in [6.45, 7) is 7.11. The summed E-state index contributed by atoms with van der Waals surface area (Å²) in [7, 11) is 1.43. The van der Waals surface area contributed by atoms with Gasteiger partial charge >= 0.3 is 5.97 Å². The van der Waals surface area contributed by atoms with Crippen LogP contribution in [0.1, 0.15) is 65.7 Å². The number of carbonyl (C=O) groups is 2. The Morgan fingerprint density at radius 3 is 2.71 bits per heavy atom. The maximum Gasteiger partial charge on any atom is 0.330 e. The van der Waals surface area contributed by atoms with Gasteiger partial charge in [-0.2, -0.15) is 0 Å². The number of rotatable bonds is 3. The van der Waals surface area contributed by atoms with E-state index in [9.17, 15) is 9.59 Å². The number of ether oxygens (including phenoxy) is 1. The maximum absolute atomic E-state index is 12.0. The molecule has 4 aliphatic rings. The Balaban J connectivity index is 1.56. The Labute approximate surface area is 169 Å². The van der Waals surface area contributed by atoms with Crippen LogP contribution >= 0.6 is 0 Å². The van der Waals surface area contributed by atoms with Crippen molar-refractivity contribution in [1.29, 1.82) is 0 Å². The first-order valence-electron chi connectivity index (χ1n) is 11.0. The molecule has 0 heterocycles. The van der Waals surface area contributed by atoms with E-state index in [2.05, 4.69) is 26.8 Å². The first-order chi connectivity index (χ1) is 13.3. The van der Waals surface area contributed by atoms with Gasteiger partial charge in [-0.15, -0.1) is 0 Å². The van der Waals surface area contributed by atoms with Crippen LogP contribution in [0.5, 0.6) is 0 Å². The van der Waals surface area contributed by atoms with E-state index in [1.165, 1.54) is 37.5 Å². The molecule has 0 radical (unpaired) electrons. The summed E-state index contributed by atoms with van der Waals surface area (Å²) < 4.78 is 4.76. The van der Waals surface area contributed by atoms with Crippen molar-refractivity contribution in [2.24, 2.45) is 34.5 Å². The summed E-state index contributed by atoms with van der Waals surface area (Å²) in [5.74, 6) is 2.50. The highest BCUT2D eigenvalue weighted by Crippen LogP contribution is 2.66. The molecule has 0 aromatic carbocycles. The number of esters is 1. The molecule has 3 nitrogen and oxygen atoms in total. The van der Waals surface area contributed by atoms with Crippen molar-refractivity contribution >= 4 is 11.8 Å². The van der Waals surface area contributed by atoms with E-state index in [0.29, 0.717) is 17.6 Å². The highest BCUT2D eigenvalue weighted by atomic mass is 16.5. The van der Waals surface area contributed by atoms with Crippen LogP contribution in [0.25, 0.3) is 0 Å². The fraction of sp³-hybridized carbons (Fsp3) is 0.680. The molecular weight excluding hydrogens is 348 g/mol. The Morgan fingerprint density at radius 2 is 1.96 bits per heavy atom. The van der Waals surface area contributed by atoms with Crippen LogP contribution < -0.4 is 0 Å². The number of carbonyl (C=O) groups excluding carboxylic acids is 2. The summed E-state index contributed by atoms with van der Waals surface area (Å²) in [4.78, 5) is 23.5. The van der Waals surface area contributed by atoms with Crippen molar-refractivity contribution in [1.82, 2.24) is 0 Å². The van der Waals surface area contributed by atoms with Gasteiger partial charge in [-0.25, -0.2) is 4.79 Å². The van der Waals surface area contributed by atoms with Crippen LogP contribution in [-0.2, 0) is 14.3 Å². The predicted octanol–water partition coefficient (Wildman–Crippen LogP) is 5.42. The van der Waals surface area contributed by atoms with E-state index in [1.54, 1.807) is 6.08 Å². The molecule has 4 aliphatic carbocycles. The fourth-order valence-electron chi connectivity index (χ4n) is 7.26. The molecule has 6 atom stereocenters. The highest BCUT2D eigenvalue weighted by molar-refractivity contribution is 5.91. The van der Waals surface area contributed by atoms with Crippen LogP contribution in [0, 0.1) is 34.5 Å². The van der Waals surface area contributed by atoms with Gasteiger partial charge in [0.05, 0.1) is 7.11 Å². The Hall–Kier alpha value is -1.64. The van der Waals surface area contributed by atoms with E-state index in [1.807, 2.05) is 12.2 Å². The van der Waals surface area contributed by atoms with Crippen molar-refractivity contribution in [3.05, 3.63) is 35.5 Å². The zero-order chi connectivity index (χ0) is 20.1. The molecule has 28 heavy (non-hydrogen) atoms. The van der Waals surface area contributed by atoms with Gasteiger partial charge in [0.2, 0.25) is 0 Å². The van der Waals surface area contributed by atoms with Crippen molar-refractivity contribution in [3.63, 3.8) is 0 Å². The minimum atomic E-state index is -0.276. The first-order valence-corrected chi connectivity index (χ1v) is 11.0. The van der Waals surface area contributed by atoms with Crippen molar-refractivity contribution in [3.8, 4) is 0 Å². The number of hydrogen-bond donors (Lipinski definition) is 0. The minimum absolute atomic E-state index is 0.233. The lowest BCUT2D eigenvalue weighted by Crippen LogP contribution is -2.50. The minimum Gasteiger partial charge on any atom is -0.466 e. The first kappa shape index (κ1) is 19.7. The molecule has 3 heteroatoms. The molecule has 0 aliphatic heterocycles. The molecule has 4 rings (SSSR count). The van der Waals surface area contributed by atoms with Crippen molar-refractivity contribution in [2.45, 2.75) is 65.7 Å². The Morgan fingerprint density at radius 1 is 1.18 bits per heavy atom. The standard InChI is InChI=1S/C25H34O3/c1-16(5-10-23(27)28-4)20-8-9-21-19-7-6-17-15-18(26)11-13-24(17,2)22(19)12-14-25(20,21)3/h5,8,10,15-16,19,21-22H,6-7,9,11-14H2,1-4H3/b10-5+/t16?,19?,21?,22?,24-,25+/m0/s1. The van der Waals surface area contributed by atoms with Gasteiger partial charge in [-0.3, -0.25) is 4.79 Å². The number of hydrogen-bond acceptors (Lipinski definition) is 3. The average molecular weight is 383 g/mol. The lowest BCUT2D eigenvalue weighted by molar-refractivity contribution is -0.134. The molecule has 0 saturated heterocycles. The molecule has 0 spiro atoms. The molecule has 2 fully saturated rings. The summed E-state index contributed by atoms with van der Waals surface area (Å²) in [5.41, 5.74) is 3.43. The maximum atomic E-state index is 12.0. The molecule has 0 aromatic heterocycles. The summed E-state index contributed by atoms with van der Waals surface area (Å²) in [6, 6.07) is 0. The molecule has 0 bridgehead atoms. The number of allylic oxidation sites excluding steroid dienone is 5. The third-order valence-electron chi connectivity index (χ3n) is 8.82. The third kappa shape index (κ3) is 2.93. The van der Waals surface area contributed by atoms with Crippen LogP contribution in [-0.4, -0.2) is 18.9 Å². The van der Waals surface area contributed by atoms with Crippen molar-refractivity contribution in [2.75, 3.05) is 7.11 Å². The average Bonchev–Trinajstić information content (AvgIpc) is 3.03. The molecule has 0 aromatic rings. The molecule has 152 valence electrons. The topological polar surface area (TPSA) is 43.4 Å². The lowest BCUT2D eigenvalue weighted by Gasteiger charge is -2.58. The molecular formula is C25H34O3. The summed E-state index contributed by atoms with van der Waals surface area (Å²) in [5, 5.41) is 0. The zero-order valence-corrected chi connectivity index (χ0v) is 17.8. The summed E-state index contributed by atoms with van der Waals surface area (Å²) >= 11 is 0. The third-order valence-corrected chi connectivity index (χ3v) is 8.82. The van der Waals surface area contributed by atoms with E-state index < -0.39 is 0 Å². The monoisotopic (exact) mass is 382 g/mol. The van der Waals surface area contributed by atoms with Gasteiger partial charge in [-0.1, -0.05) is 44.1 Å². The highest BCUT2D eigenvalue weighted by Gasteiger charge is 2.57. The molecule has 4 unspecified atom stereocenters. The van der Waals surface area contributed by atoms with E-state index in [0.717, 1.165) is 31.6 Å². The van der Waals surface area contributed by atoms with Gasteiger partial charge in [0, 0.05) is 12.5 Å². The second-order valence-electron chi connectivity index (χ2n) is 9.99. The largest absolute Gasteiger partial charge is 0.466 e. The van der Waals surface area contributed by atoms with Gasteiger partial charge in [0.15, 0.2) is 5.78 Å². The number of methoxy groups -OCH3 is 1. The summed E-state index contributed by atoms with van der Waals surface area (Å²) in [6.07, 6.45) is 15.8. The fourth-order valence-corrected chi connectivity index (χ4v) is 7.26. The predicted molar refractivity (Wildman–Crippen MR) is 110 cm³/mol. The second-order valence-corrected chi connectivity index (χ2v) is 9.99. The lowest BCUT2D eigenvalue weighted by atomic mass is 9.46. The van der Waals surface area contributed by atoms with Crippen LogP contribution in [0.15, 0.2) is 35.5 Å². The van der Waals surface area contributed by atoms with Gasteiger partial charge in [0.25, 0.3) is 0 Å². The van der Waals surface area contributed by atoms with E-state index >= 15 is 0 Å². The van der Waals surface area contributed by atoms with E-state index in [-0.39, 0.29) is 22.7 Å². The zero-order valence-electron chi connectivity index (χ0n) is 17.8. The smallest absolute Gasteiger partial charge is 0.330 e. The van der Waals surface area contributed by atoms with Crippen LogP contribution in [0.3, 0.4) is 0 Å². The second kappa shape index (κ2) is 7.00. The van der Waals surface area contributed by atoms with E-state index in [4.69, 9.17) is 4.74 Å². The number of ketones is 1. The van der Waals surface area contributed by atoms with Crippen molar-refractivity contribution < 1.29 is 14.3 Å². The van der Waals surface area contributed by atoms with Crippen LogP contribution in [0.2, 0.25) is 0 Å². The van der Waals surface area contributed by atoms with Gasteiger partial charge in [0.1, 0.15) is 0 Å². The Bertz CT molecular complexity index is 773. The molecule has 0 amide bonds. The Kier molecular flexibility index (Phi) is 4.92. The SMILES string of the molecule is COC(=O)/C=C/C(C)C1=CCC2C3CCC4=CC(=O)CC[C@]4(C)C3CC[C@]12C. The molecule has 0 N–H and O–H groups in total. The normalized spacial score (nSPS) is 40.9. The van der Waals surface area contributed by atoms with Crippen LogP contribution in [0.4, 0.5) is 0 Å². The van der Waals surface area contributed by atoms with Gasteiger partial charge < -0.3 is 4.74 Å². The molecule has 2 saturated carbocycles. The number of fused-ring (bicyclic) bond motifs is 5. The quantitative estimate of drug-likeness (QED) is 0.372. The van der Waals surface area contributed by atoms with Gasteiger partial charge in [-0.05, 0) is 79.1 Å².